The zero-order valence-electron chi connectivity index (χ0n) is 14.7. The lowest BCUT2D eigenvalue weighted by Gasteiger charge is -2.38. The Labute approximate surface area is 147 Å². The van der Waals surface area contributed by atoms with Crippen molar-refractivity contribution in [2.45, 2.75) is 13.5 Å². The molecule has 25 heavy (non-hydrogen) atoms. The molecule has 2 aromatic rings. The minimum absolute atomic E-state index is 0.159. The number of piperazine rings is 1. The van der Waals surface area contributed by atoms with Crippen LogP contribution in [0.1, 0.15) is 11.4 Å². The first-order chi connectivity index (χ1) is 12.2. The van der Waals surface area contributed by atoms with Crippen LogP contribution in [0.2, 0.25) is 0 Å². The summed E-state index contributed by atoms with van der Waals surface area (Å²) in [6, 6.07) is 6.33. The van der Waals surface area contributed by atoms with E-state index in [2.05, 4.69) is 28.5 Å². The predicted molar refractivity (Wildman–Crippen MR) is 94.6 cm³/mol. The summed E-state index contributed by atoms with van der Waals surface area (Å²) in [5.41, 5.74) is 3.27. The van der Waals surface area contributed by atoms with E-state index in [1.165, 1.54) is 5.69 Å². The molecule has 7 heteroatoms. The Morgan fingerprint density at radius 3 is 2.52 bits per heavy atom. The molecule has 0 saturated carbocycles. The Kier molecular flexibility index (Phi) is 4.59. The molecule has 4 heterocycles. The van der Waals surface area contributed by atoms with Crippen molar-refractivity contribution in [3.8, 4) is 0 Å². The van der Waals surface area contributed by atoms with Gasteiger partial charge in [-0.1, -0.05) is 6.07 Å². The largest absolute Gasteiger partial charge is 0.378 e. The summed E-state index contributed by atoms with van der Waals surface area (Å²) in [5.74, 6) is 0. The molecule has 2 aliphatic heterocycles. The molecule has 0 unspecified atom stereocenters. The Morgan fingerprint density at radius 1 is 1.08 bits per heavy atom. The highest BCUT2D eigenvalue weighted by Crippen LogP contribution is 2.13. The first-order valence-electron chi connectivity index (χ1n) is 8.98. The molecule has 0 aromatic carbocycles. The standard InChI is InChI=1S/C18H25N5O2/c1-15-3-2-4-17-19-16(14-23(15)17)13-20-5-7-21(8-6-20)18(24)22-9-11-25-12-10-22/h2-4,14H,5-13H2,1H3. The summed E-state index contributed by atoms with van der Waals surface area (Å²) >= 11 is 0. The van der Waals surface area contributed by atoms with Crippen molar-refractivity contribution < 1.29 is 9.53 Å². The summed E-state index contributed by atoms with van der Waals surface area (Å²) in [6.45, 7) is 8.99. The van der Waals surface area contributed by atoms with E-state index in [0.29, 0.717) is 26.3 Å². The third-order valence-corrected chi connectivity index (χ3v) is 5.06. The molecule has 0 bridgehead atoms. The molecule has 0 atom stereocenters. The fraction of sp³-hybridized carbons (Fsp3) is 0.556. The van der Waals surface area contributed by atoms with Crippen LogP contribution >= 0.6 is 0 Å². The topological polar surface area (TPSA) is 53.3 Å². The quantitative estimate of drug-likeness (QED) is 0.823. The van der Waals surface area contributed by atoms with Crippen LogP contribution < -0.4 is 0 Å². The fourth-order valence-electron chi connectivity index (χ4n) is 3.56. The number of carbonyl (C=O) groups excluding carboxylic acids is 1. The summed E-state index contributed by atoms with van der Waals surface area (Å²) in [7, 11) is 0. The van der Waals surface area contributed by atoms with Crippen molar-refractivity contribution >= 4 is 11.7 Å². The predicted octanol–water partition coefficient (Wildman–Crippen LogP) is 1.21. The molecule has 0 aliphatic carbocycles. The van der Waals surface area contributed by atoms with Crippen molar-refractivity contribution in [3.63, 3.8) is 0 Å². The number of pyridine rings is 1. The van der Waals surface area contributed by atoms with Crippen molar-refractivity contribution in [3.05, 3.63) is 35.8 Å². The van der Waals surface area contributed by atoms with Crippen LogP contribution in [-0.2, 0) is 11.3 Å². The molecule has 2 saturated heterocycles. The zero-order valence-corrected chi connectivity index (χ0v) is 14.7. The SMILES string of the molecule is Cc1cccc2nc(CN3CCN(C(=O)N4CCOCC4)CC3)cn12. The lowest BCUT2D eigenvalue weighted by molar-refractivity contribution is 0.0372. The number of imidazole rings is 1. The van der Waals surface area contributed by atoms with Crippen LogP contribution in [0.15, 0.2) is 24.4 Å². The van der Waals surface area contributed by atoms with E-state index >= 15 is 0 Å². The van der Waals surface area contributed by atoms with Gasteiger partial charge in [0.05, 0.1) is 18.9 Å². The van der Waals surface area contributed by atoms with Gasteiger partial charge in [0.15, 0.2) is 0 Å². The van der Waals surface area contributed by atoms with Gasteiger partial charge in [-0.05, 0) is 19.1 Å². The minimum Gasteiger partial charge on any atom is -0.378 e. The number of hydrogen-bond donors (Lipinski definition) is 0. The fourth-order valence-corrected chi connectivity index (χ4v) is 3.56. The van der Waals surface area contributed by atoms with E-state index in [9.17, 15) is 4.79 Å². The van der Waals surface area contributed by atoms with E-state index in [0.717, 1.165) is 44.1 Å². The number of rotatable bonds is 2. The maximum Gasteiger partial charge on any atom is 0.320 e. The van der Waals surface area contributed by atoms with Crippen molar-refractivity contribution in [2.24, 2.45) is 0 Å². The molecule has 0 radical (unpaired) electrons. The van der Waals surface area contributed by atoms with Gasteiger partial charge in [0, 0.05) is 57.7 Å². The van der Waals surface area contributed by atoms with Crippen LogP contribution in [0, 0.1) is 6.92 Å². The smallest absolute Gasteiger partial charge is 0.320 e. The van der Waals surface area contributed by atoms with Gasteiger partial charge in [-0.3, -0.25) is 4.90 Å². The lowest BCUT2D eigenvalue weighted by Crippen LogP contribution is -2.54. The first kappa shape index (κ1) is 16.4. The Bertz CT molecular complexity index is 745. The van der Waals surface area contributed by atoms with Crippen molar-refractivity contribution in [1.29, 1.82) is 0 Å². The van der Waals surface area contributed by atoms with Crippen LogP contribution in [0.5, 0.6) is 0 Å². The number of fused-ring (bicyclic) bond motifs is 1. The lowest BCUT2D eigenvalue weighted by atomic mass is 10.3. The van der Waals surface area contributed by atoms with Gasteiger partial charge in [0.1, 0.15) is 5.65 Å². The van der Waals surface area contributed by atoms with Crippen LogP contribution in [0.3, 0.4) is 0 Å². The number of morpholine rings is 1. The number of amides is 2. The Balaban J connectivity index is 1.33. The Hall–Kier alpha value is -2.12. The highest BCUT2D eigenvalue weighted by molar-refractivity contribution is 5.74. The first-order valence-corrected chi connectivity index (χ1v) is 8.98. The molecule has 2 aliphatic rings. The van der Waals surface area contributed by atoms with Crippen LogP contribution in [-0.4, -0.2) is 82.6 Å². The molecular formula is C18H25N5O2. The molecular weight excluding hydrogens is 318 g/mol. The number of ether oxygens (including phenoxy) is 1. The second-order valence-corrected chi connectivity index (χ2v) is 6.77. The van der Waals surface area contributed by atoms with E-state index in [1.54, 1.807) is 0 Å². The van der Waals surface area contributed by atoms with Gasteiger partial charge >= 0.3 is 6.03 Å². The summed E-state index contributed by atoms with van der Waals surface area (Å²) in [6.07, 6.45) is 2.12. The monoisotopic (exact) mass is 343 g/mol. The third-order valence-electron chi connectivity index (χ3n) is 5.06. The van der Waals surface area contributed by atoms with Gasteiger partial charge in [0.2, 0.25) is 0 Å². The second-order valence-electron chi connectivity index (χ2n) is 6.77. The van der Waals surface area contributed by atoms with Crippen LogP contribution in [0.25, 0.3) is 5.65 Å². The number of aryl methyl sites for hydroxylation is 1. The van der Waals surface area contributed by atoms with Gasteiger partial charge < -0.3 is 18.9 Å². The van der Waals surface area contributed by atoms with Gasteiger partial charge in [-0.2, -0.15) is 0 Å². The van der Waals surface area contributed by atoms with E-state index in [4.69, 9.17) is 9.72 Å². The third kappa shape index (κ3) is 3.48. The molecule has 134 valence electrons. The van der Waals surface area contributed by atoms with E-state index in [1.807, 2.05) is 21.9 Å². The number of urea groups is 1. The molecule has 4 rings (SSSR count). The summed E-state index contributed by atoms with van der Waals surface area (Å²) < 4.78 is 7.46. The number of nitrogens with zero attached hydrogens (tertiary/aromatic N) is 5. The highest BCUT2D eigenvalue weighted by atomic mass is 16.5. The average Bonchev–Trinajstić information content (AvgIpc) is 3.06. The van der Waals surface area contributed by atoms with Gasteiger partial charge in [-0.25, -0.2) is 9.78 Å². The molecule has 7 nitrogen and oxygen atoms in total. The highest BCUT2D eigenvalue weighted by Gasteiger charge is 2.26. The van der Waals surface area contributed by atoms with E-state index < -0.39 is 0 Å². The second kappa shape index (κ2) is 7.01. The molecule has 2 aromatic heterocycles. The minimum atomic E-state index is 0.159. The summed E-state index contributed by atoms with van der Waals surface area (Å²) in [5, 5.41) is 0. The van der Waals surface area contributed by atoms with E-state index in [-0.39, 0.29) is 6.03 Å². The summed E-state index contributed by atoms with van der Waals surface area (Å²) in [4.78, 5) is 23.5. The normalized spacial score (nSPS) is 19.6. The van der Waals surface area contributed by atoms with Crippen LogP contribution in [0.4, 0.5) is 4.79 Å². The van der Waals surface area contributed by atoms with Gasteiger partial charge in [0.25, 0.3) is 0 Å². The molecule has 0 spiro atoms. The number of carbonyl (C=O) groups is 1. The molecule has 2 amide bonds. The number of aromatic nitrogens is 2. The maximum atomic E-state index is 12.5. The van der Waals surface area contributed by atoms with Crippen molar-refractivity contribution in [1.82, 2.24) is 24.1 Å². The van der Waals surface area contributed by atoms with Crippen molar-refractivity contribution in [2.75, 3.05) is 52.5 Å². The van der Waals surface area contributed by atoms with Gasteiger partial charge in [-0.15, -0.1) is 0 Å². The zero-order chi connectivity index (χ0) is 17.2. The molecule has 2 fully saturated rings. The number of hydrogen-bond acceptors (Lipinski definition) is 4. The molecule has 0 N–H and O–H groups in total. The Morgan fingerprint density at radius 2 is 1.80 bits per heavy atom. The average molecular weight is 343 g/mol. The maximum absolute atomic E-state index is 12.5.